The van der Waals surface area contributed by atoms with Crippen LogP contribution in [0.25, 0.3) is 11.1 Å². The lowest BCUT2D eigenvalue weighted by Crippen LogP contribution is -1.94. The number of hydrogen-bond donors (Lipinski definition) is 0. The van der Waals surface area contributed by atoms with Gasteiger partial charge in [0.25, 0.3) is 11.4 Å². The minimum Gasteiger partial charge on any atom is -0.472 e. The normalized spacial score (nSPS) is 10.1. The van der Waals surface area contributed by atoms with E-state index in [1.807, 2.05) is 0 Å². The van der Waals surface area contributed by atoms with Gasteiger partial charge in [0.2, 0.25) is 0 Å². The summed E-state index contributed by atoms with van der Waals surface area (Å²) < 4.78 is 4.82. The molecule has 0 amide bonds. The highest BCUT2D eigenvalue weighted by Crippen LogP contribution is 2.33. The van der Waals surface area contributed by atoms with Gasteiger partial charge in [-0.2, -0.15) is 0 Å². The van der Waals surface area contributed by atoms with Crippen molar-refractivity contribution in [3.63, 3.8) is 0 Å². The summed E-state index contributed by atoms with van der Waals surface area (Å²) in [5.41, 5.74) is 0.158. The molecule has 0 saturated carbocycles. The van der Waals surface area contributed by atoms with E-state index in [-0.39, 0.29) is 16.9 Å². The van der Waals surface area contributed by atoms with Crippen molar-refractivity contribution in [3.8, 4) is 11.1 Å². The van der Waals surface area contributed by atoms with E-state index in [0.29, 0.717) is 5.56 Å². The molecule has 0 atom stereocenters. The number of nitro groups is 2. The molecule has 0 aliphatic carbocycles. The first-order valence-electron chi connectivity index (χ1n) is 4.55. The monoisotopic (exact) mass is 234 g/mol. The van der Waals surface area contributed by atoms with Gasteiger partial charge in [-0.1, -0.05) is 0 Å². The molecule has 0 bridgehead atoms. The number of benzene rings is 1. The predicted octanol–water partition coefficient (Wildman–Crippen LogP) is 2.76. The molecule has 0 aliphatic rings. The molecule has 1 aromatic carbocycles. The average Bonchev–Trinajstić information content (AvgIpc) is 2.81. The van der Waals surface area contributed by atoms with Gasteiger partial charge in [0.05, 0.1) is 34.0 Å². The van der Waals surface area contributed by atoms with E-state index in [1.54, 1.807) is 6.07 Å². The van der Waals surface area contributed by atoms with Crippen LogP contribution in [0.1, 0.15) is 0 Å². The average molecular weight is 234 g/mol. The van der Waals surface area contributed by atoms with Crippen molar-refractivity contribution in [2.45, 2.75) is 0 Å². The summed E-state index contributed by atoms with van der Waals surface area (Å²) in [7, 11) is 0. The third-order valence-corrected chi connectivity index (χ3v) is 2.22. The smallest absolute Gasteiger partial charge is 0.284 e. The molecule has 2 aromatic rings. The van der Waals surface area contributed by atoms with Gasteiger partial charge in [-0.25, -0.2) is 0 Å². The Kier molecular flexibility index (Phi) is 2.57. The SMILES string of the molecule is O=[N+]([O-])c1ccc(-c2ccoc2)c([N+](=O)[O-])c1. The van der Waals surface area contributed by atoms with Crippen LogP contribution in [-0.4, -0.2) is 9.85 Å². The van der Waals surface area contributed by atoms with Crippen molar-refractivity contribution >= 4 is 11.4 Å². The second kappa shape index (κ2) is 4.05. The summed E-state index contributed by atoms with van der Waals surface area (Å²) >= 11 is 0. The summed E-state index contributed by atoms with van der Waals surface area (Å²) in [5, 5.41) is 21.4. The predicted molar refractivity (Wildman–Crippen MR) is 57.5 cm³/mol. The fourth-order valence-electron chi connectivity index (χ4n) is 1.45. The van der Waals surface area contributed by atoms with Crippen molar-refractivity contribution in [2.24, 2.45) is 0 Å². The molecule has 0 radical (unpaired) electrons. The minimum atomic E-state index is -0.674. The number of rotatable bonds is 3. The maximum atomic E-state index is 10.8. The maximum absolute atomic E-state index is 10.8. The molecule has 0 N–H and O–H groups in total. The van der Waals surface area contributed by atoms with Gasteiger partial charge < -0.3 is 4.42 Å². The molecule has 7 heteroatoms. The first kappa shape index (κ1) is 10.8. The van der Waals surface area contributed by atoms with Crippen LogP contribution in [-0.2, 0) is 0 Å². The highest BCUT2D eigenvalue weighted by molar-refractivity contribution is 5.74. The molecule has 0 unspecified atom stereocenters. The molecule has 0 saturated heterocycles. The molecular formula is C10H6N2O5. The molecule has 0 aliphatic heterocycles. The lowest BCUT2D eigenvalue weighted by atomic mass is 10.1. The van der Waals surface area contributed by atoms with E-state index < -0.39 is 9.85 Å². The Morgan fingerprint density at radius 2 is 1.82 bits per heavy atom. The summed E-state index contributed by atoms with van der Waals surface area (Å²) in [5.74, 6) is 0. The highest BCUT2D eigenvalue weighted by Gasteiger charge is 2.20. The van der Waals surface area contributed by atoms with E-state index in [2.05, 4.69) is 0 Å². The Labute approximate surface area is 94.6 Å². The molecule has 0 fully saturated rings. The molecule has 1 aromatic heterocycles. The molecule has 7 nitrogen and oxygen atoms in total. The standard InChI is InChI=1S/C10H6N2O5/c13-11(14)8-1-2-9(7-3-4-17-6-7)10(5-8)12(15)16/h1-6H. The van der Waals surface area contributed by atoms with Crippen molar-refractivity contribution in [1.82, 2.24) is 0 Å². The first-order chi connectivity index (χ1) is 8.09. The highest BCUT2D eigenvalue weighted by atomic mass is 16.6. The van der Waals surface area contributed by atoms with Crippen LogP contribution in [0.5, 0.6) is 0 Å². The number of nitrogens with zero attached hydrogens (tertiary/aromatic N) is 2. The van der Waals surface area contributed by atoms with Gasteiger partial charge in [0.1, 0.15) is 0 Å². The van der Waals surface area contributed by atoms with Gasteiger partial charge in [0, 0.05) is 11.6 Å². The third kappa shape index (κ3) is 1.98. The van der Waals surface area contributed by atoms with Crippen LogP contribution in [0.15, 0.2) is 41.2 Å². The van der Waals surface area contributed by atoms with Crippen LogP contribution in [0.2, 0.25) is 0 Å². The lowest BCUT2D eigenvalue weighted by Gasteiger charge is -1.99. The third-order valence-electron chi connectivity index (χ3n) is 2.22. The zero-order chi connectivity index (χ0) is 12.4. The van der Waals surface area contributed by atoms with E-state index in [0.717, 1.165) is 6.07 Å². The quantitative estimate of drug-likeness (QED) is 0.600. The Hall–Kier alpha value is -2.70. The zero-order valence-electron chi connectivity index (χ0n) is 8.40. The zero-order valence-corrected chi connectivity index (χ0v) is 8.40. The van der Waals surface area contributed by atoms with Gasteiger partial charge >= 0.3 is 0 Å². The van der Waals surface area contributed by atoms with Gasteiger partial charge in [0.15, 0.2) is 0 Å². The minimum absolute atomic E-state index is 0.286. The molecule has 0 spiro atoms. The summed E-state index contributed by atoms with van der Waals surface area (Å²) in [6, 6.07) is 5.03. The topological polar surface area (TPSA) is 99.4 Å². The molecular weight excluding hydrogens is 228 g/mol. The largest absolute Gasteiger partial charge is 0.472 e. The number of furan rings is 1. The maximum Gasteiger partial charge on any atom is 0.284 e. The van der Waals surface area contributed by atoms with Crippen LogP contribution in [0.4, 0.5) is 11.4 Å². The molecule has 1 heterocycles. The fourth-order valence-corrected chi connectivity index (χ4v) is 1.45. The summed E-state index contributed by atoms with van der Waals surface area (Å²) in [6.07, 6.45) is 2.72. The fraction of sp³-hybridized carbons (Fsp3) is 0. The van der Waals surface area contributed by atoms with Crippen molar-refractivity contribution in [3.05, 3.63) is 57.0 Å². The Balaban J connectivity index is 2.61. The van der Waals surface area contributed by atoms with Crippen LogP contribution in [0.3, 0.4) is 0 Å². The van der Waals surface area contributed by atoms with Gasteiger partial charge in [-0.3, -0.25) is 20.2 Å². The van der Waals surface area contributed by atoms with Crippen molar-refractivity contribution in [1.29, 1.82) is 0 Å². The number of nitro benzene ring substituents is 2. The molecule has 86 valence electrons. The van der Waals surface area contributed by atoms with E-state index in [9.17, 15) is 20.2 Å². The van der Waals surface area contributed by atoms with E-state index in [1.165, 1.54) is 24.7 Å². The summed E-state index contributed by atoms with van der Waals surface area (Å²) in [6.45, 7) is 0. The van der Waals surface area contributed by atoms with Crippen LogP contribution < -0.4 is 0 Å². The first-order valence-corrected chi connectivity index (χ1v) is 4.55. The second-order valence-corrected chi connectivity index (χ2v) is 3.23. The molecule has 17 heavy (non-hydrogen) atoms. The van der Waals surface area contributed by atoms with Crippen molar-refractivity contribution in [2.75, 3.05) is 0 Å². The summed E-state index contributed by atoms with van der Waals surface area (Å²) in [4.78, 5) is 20.1. The number of non-ortho nitro benzene ring substituents is 1. The Bertz CT molecular complexity index is 576. The number of hydrogen-bond acceptors (Lipinski definition) is 5. The van der Waals surface area contributed by atoms with Crippen LogP contribution in [0, 0.1) is 20.2 Å². The lowest BCUT2D eigenvalue weighted by molar-refractivity contribution is -0.393. The van der Waals surface area contributed by atoms with Gasteiger partial charge in [-0.05, 0) is 12.1 Å². The van der Waals surface area contributed by atoms with E-state index in [4.69, 9.17) is 4.42 Å². The van der Waals surface area contributed by atoms with E-state index >= 15 is 0 Å². The van der Waals surface area contributed by atoms with Gasteiger partial charge in [-0.15, -0.1) is 0 Å². The Morgan fingerprint density at radius 3 is 2.35 bits per heavy atom. The van der Waals surface area contributed by atoms with Crippen LogP contribution >= 0.6 is 0 Å². The van der Waals surface area contributed by atoms with Crippen molar-refractivity contribution < 1.29 is 14.3 Å². The Morgan fingerprint density at radius 1 is 1.06 bits per heavy atom. The molecule has 2 rings (SSSR count). The second-order valence-electron chi connectivity index (χ2n) is 3.23.